The molecule has 2 heterocycles. The summed E-state index contributed by atoms with van der Waals surface area (Å²) in [5.41, 5.74) is 1.83. The third-order valence-corrected chi connectivity index (χ3v) is 3.36. The predicted octanol–water partition coefficient (Wildman–Crippen LogP) is 3.77. The van der Waals surface area contributed by atoms with Crippen molar-refractivity contribution in [1.82, 2.24) is 9.97 Å². The third kappa shape index (κ3) is 3.27. The molecule has 3 rings (SSSR count). The van der Waals surface area contributed by atoms with Gasteiger partial charge in [0, 0.05) is 11.3 Å². The van der Waals surface area contributed by atoms with Gasteiger partial charge in [0.15, 0.2) is 17.3 Å². The Bertz CT molecular complexity index is 659. The fourth-order valence-electron chi connectivity index (χ4n) is 2.30. The Morgan fingerprint density at radius 2 is 1.86 bits per heavy atom. The number of aromatic nitrogens is 2. The van der Waals surface area contributed by atoms with Crippen molar-refractivity contribution in [3.8, 4) is 22.9 Å². The van der Waals surface area contributed by atoms with Crippen LogP contribution in [-0.4, -0.2) is 23.2 Å². The highest BCUT2D eigenvalue weighted by molar-refractivity contribution is 6.29. The lowest BCUT2D eigenvalue weighted by Gasteiger charge is -2.18. The summed E-state index contributed by atoms with van der Waals surface area (Å²) in [4.78, 5) is 8.92. The number of halogens is 1. The van der Waals surface area contributed by atoms with Gasteiger partial charge in [0.05, 0.1) is 0 Å². The van der Waals surface area contributed by atoms with Crippen LogP contribution in [0.3, 0.4) is 0 Å². The molecule has 0 saturated carbocycles. The van der Waals surface area contributed by atoms with E-state index in [2.05, 4.69) is 23.8 Å². The second-order valence-corrected chi connectivity index (χ2v) is 5.85. The first-order chi connectivity index (χ1) is 10.1. The Kier molecular flexibility index (Phi) is 3.97. The van der Waals surface area contributed by atoms with Crippen molar-refractivity contribution in [2.45, 2.75) is 20.3 Å². The Labute approximate surface area is 129 Å². The van der Waals surface area contributed by atoms with Crippen LogP contribution in [0.1, 0.15) is 19.5 Å². The monoisotopic (exact) mass is 304 g/mol. The molecule has 0 saturated heterocycles. The molecule has 4 nitrogen and oxygen atoms in total. The van der Waals surface area contributed by atoms with Crippen LogP contribution in [0.5, 0.6) is 11.5 Å². The van der Waals surface area contributed by atoms with Gasteiger partial charge in [-0.1, -0.05) is 25.4 Å². The number of rotatable bonds is 3. The van der Waals surface area contributed by atoms with Gasteiger partial charge in [0.1, 0.15) is 18.4 Å². The van der Waals surface area contributed by atoms with Crippen LogP contribution in [0.2, 0.25) is 5.15 Å². The van der Waals surface area contributed by atoms with Gasteiger partial charge in [-0.3, -0.25) is 0 Å². The lowest BCUT2D eigenvalue weighted by atomic mass is 10.1. The lowest BCUT2D eigenvalue weighted by molar-refractivity contribution is 0.171. The van der Waals surface area contributed by atoms with Gasteiger partial charge < -0.3 is 9.47 Å². The fourth-order valence-corrected chi connectivity index (χ4v) is 2.50. The molecule has 21 heavy (non-hydrogen) atoms. The predicted molar refractivity (Wildman–Crippen MR) is 82.0 cm³/mol. The number of ether oxygens (including phenoxy) is 2. The van der Waals surface area contributed by atoms with Crippen LogP contribution in [0, 0.1) is 5.92 Å². The minimum Gasteiger partial charge on any atom is -0.486 e. The van der Waals surface area contributed by atoms with Crippen molar-refractivity contribution < 1.29 is 9.47 Å². The third-order valence-electron chi connectivity index (χ3n) is 3.17. The zero-order valence-electron chi connectivity index (χ0n) is 12.1. The van der Waals surface area contributed by atoms with Gasteiger partial charge in [0.25, 0.3) is 0 Å². The van der Waals surface area contributed by atoms with Crippen LogP contribution < -0.4 is 9.47 Å². The smallest absolute Gasteiger partial charge is 0.162 e. The van der Waals surface area contributed by atoms with E-state index < -0.39 is 0 Å². The highest BCUT2D eigenvalue weighted by Crippen LogP contribution is 2.33. The number of nitrogens with zero attached hydrogens (tertiary/aromatic N) is 2. The molecule has 1 aliphatic heterocycles. The molecule has 0 bridgehead atoms. The second kappa shape index (κ2) is 5.90. The summed E-state index contributed by atoms with van der Waals surface area (Å²) in [5.74, 6) is 2.63. The van der Waals surface area contributed by atoms with E-state index in [9.17, 15) is 0 Å². The van der Waals surface area contributed by atoms with Crippen LogP contribution in [-0.2, 0) is 6.42 Å². The zero-order valence-corrected chi connectivity index (χ0v) is 12.9. The van der Waals surface area contributed by atoms with Gasteiger partial charge in [-0.25, -0.2) is 9.97 Å². The van der Waals surface area contributed by atoms with Crippen molar-refractivity contribution in [2.75, 3.05) is 13.2 Å². The largest absolute Gasteiger partial charge is 0.486 e. The molecular formula is C16H17ClN2O2. The van der Waals surface area contributed by atoms with E-state index in [4.69, 9.17) is 21.1 Å². The van der Waals surface area contributed by atoms with Crippen LogP contribution in [0.15, 0.2) is 24.3 Å². The van der Waals surface area contributed by atoms with Gasteiger partial charge >= 0.3 is 0 Å². The van der Waals surface area contributed by atoms with Crippen LogP contribution in [0.25, 0.3) is 11.4 Å². The van der Waals surface area contributed by atoms with Gasteiger partial charge in [-0.15, -0.1) is 0 Å². The molecule has 5 heteroatoms. The summed E-state index contributed by atoms with van der Waals surface area (Å²) in [5, 5.41) is 0.463. The summed E-state index contributed by atoms with van der Waals surface area (Å²) in [6, 6.07) is 7.54. The number of hydrogen-bond donors (Lipinski definition) is 0. The summed E-state index contributed by atoms with van der Waals surface area (Å²) in [6.07, 6.45) is 0.875. The number of benzene rings is 1. The molecule has 0 unspecified atom stereocenters. The quantitative estimate of drug-likeness (QED) is 0.810. The summed E-state index contributed by atoms with van der Waals surface area (Å²) in [7, 11) is 0. The first-order valence-electron chi connectivity index (χ1n) is 7.05. The van der Waals surface area contributed by atoms with Crippen LogP contribution >= 0.6 is 11.6 Å². The average Bonchev–Trinajstić information content (AvgIpc) is 2.45. The maximum Gasteiger partial charge on any atom is 0.162 e. The van der Waals surface area contributed by atoms with E-state index >= 15 is 0 Å². The van der Waals surface area contributed by atoms with Crippen molar-refractivity contribution in [3.05, 3.63) is 35.1 Å². The topological polar surface area (TPSA) is 44.2 Å². The molecule has 1 aliphatic rings. The zero-order chi connectivity index (χ0) is 14.8. The first kappa shape index (κ1) is 14.1. The van der Waals surface area contributed by atoms with Gasteiger partial charge in [-0.2, -0.15) is 0 Å². The average molecular weight is 305 g/mol. The SMILES string of the molecule is CC(C)Cc1cc(Cl)nc(-c2ccc3c(c2)OCCO3)n1. The molecule has 0 spiro atoms. The van der Waals surface area contributed by atoms with E-state index in [1.54, 1.807) is 0 Å². The maximum absolute atomic E-state index is 6.12. The minimum atomic E-state index is 0.463. The highest BCUT2D eigenvalue weighted by atomic mass is 35.5. The molecular weight excluding hydrogens is 288 g/mol. The molecule has 2 aromatic rings. The van der Waals surface area contributed by atoms with Crippen molar-refractivity contribution in [1.29, 1.82) is 0 Å². The van der Waals surface area contributed by atoms with Crippen molar-refractivity contribution in [2.24, 2.45) is 5.92 Å². The molecule has 0 amide bonds. The van der Waals surface area contributed by atoms with Crippen molar-refractivity contribution >= 4 is 11.6 Å². The van der Waals surface area contributed by atoms with E-state index in [1.807, 2.05) is 24.3 Å². The molecule has 0 N–H and O–H groups in total. The highest BCUT2D eigenvalue weighted by Gasteiger charge is 2.14. The molecule has 0 radical (unpaired) electrons. The van der Waals surface area contributed by atoms with Crippen LogP contribution in [0.4, 0.5) is 0 Å². The Balaban J connectivity index is 1.97. The molecule has 1 aromatic carbocycles. The normalized spacial score (nSPS) is 13.5. The fraction of sp³-hybridized carbons (Fsp3) is 0.375. The summed E-state index contributed by atoms with van der Waals surface area (Å²) >= 11 is 6.12. The molecule has 0 atom stereocenters. The van der Waals surface area contributed by atoms with E-state index in [0.29, 0.717) is 30.1 Å². The maximum atomic E-state index is 6.12. The number of hydrogen-bond acceptors (Lipinski definition) is 4. The van der Waals surface area contributed by atoms with Gasteiger partial charge in [-0.05, 0) is 36.6 Å². The molecule has 110 valence electrons. The van der Waals surface area contributed by atoms with Gasteiger partial charge in [0.2, 0.25) is 0 Å². The van der Waals surface area contributed by atoms with Crippen molar-refractivity contribution in [3.63, 3.8) is 0 Å². The van der Waals surface area contributed by atoms with E-state index in [0.717, 1.165) is 29.2 Å². The minimum absolute atomic E-state index is 0.463. The second-order valence-electron chi connectivity index (χ2n) is 5.46. The molecule has 0 aliphatic carbocycles. The number of fused-ring (bicyclic) bond motifs is 1. The molecule has 0 fully saturated rings. The van der Waals surface area contributed by atoms with E-state index in [-0.39, 0.29) is 0 Å². The lowest BCUT2D eigenvalue weighted by Crippen LogP contribution is -2.15. The standard InChI is InChI=1S/C16H17ClN2O2/c1-10(2)7-12-9-15(17)19-16(18-12)11-3-4-13-14(8-11)21-6-5-20-13/h3-4,8-10H,5-7H2,1-2H3. The Morgan fingerprint density at radius 1 is 1.10 bits per heavy atom. The van der Waals surface area contributed by atoms with E-state index in [1.165, 1.54) is 0 Å². The Morgan fingerprint density at radius 3 is 2.62 bits per heavy atom. The first-order valence-corrected chi connectivity index (χ1v) is 7.43. The summed E-state index contributed by atoms with van der Waals surface area (Å²) in [6.45, 7) is 5.45. The summed E-state index contributed by atoms with van der Waals surface area (Å²) < 4.78 is 11.1. The molecule has 1 aromatic heterocycles. The Hall–Kier alpha value is -1.81.